The van der Waals surface area contributed by atoms with Crippen LogP contribution in [0.1, 0.15) is 21.9 Å². The highest BCUT2D eigenvalue weighted by Crippen LogP contribution is 2.24. The third-order valence-electron chi connectivity index (χ3n) is 3.01. The molecule has 0 radical (unpaired) electrons. The summed E-state index contributed by atoms with van der Waals surface area (Å²) in [6.07, 6.45) is 2.95. The fourth-order valence-corrected chi connectivity index (χ4v) is 2.41. The van der Waals surface area contributed by atoms with Crippen LogP contribution in [0, 0.1) is 9.58 Å². The number of halogens is 2. The van der Waals surface area contributed by atoms with Gasteiger partial charge in [0.05, 0.1) is 17.6 Å². The molecule has 116 valence electrons. The summed E-state index contributed by atoms with van der Waals surface area (Å²) in [5.74, 6) is -1.07. The van der Waals surface area contributed by atoms with Gasteiger partial charge in [-0.2, -0.15) is 0 Å². The summed E-state index contributed by atoms with van der Waals surface area (Å²) in [6.45, 7) is 0. The van der Waals surface area contributed by atoms with Gasteiger partial charge in [-0.1, -0.05) is 0 Å². The first kappa shape index (κ1) is 15.5. The summed E-state index contributed by atoms with van der Waals surface area (Å²) < 4.78 is 19.1. The second-order valence-electron chi connectivity index (χ2n) is 4.62. The molecule has 8 heteroatoms. The van der Waals surface area contributed by atoms with Crippen LogP contribution in [0.3, 0.4) is 0 Å². The number of oxazole rings is 1. The maximum absolute atomic E-state index is 13.0. The van der Waals surface area contributed by atoms with E-state index in [1.54, 1.807) is 12.1 Å². The van der Waals surface area contributed by atoms with Crippen LogP contribution in [0.25, 0.3) is 11.5 Å². The van der Waals surface area contributed by atoms with Crippen molar-refractivity contribution in [1.29, 1.82) is 0 Å². The van der Waals surface area contributed by atoms with Gasteiger partial charge in [0.15, 0.2) is 9.46 Å². The van der Waals surface area contributed by atoms with Gasteiger partial charge in [0, 0.05) is 40.8 Å². The van der Waals surface area contributed by atoms with E-state index in [0.29, 0.717) is 33.0 Å². The zero-order valence-corrected chi connectivity index (χ0v) is 13.7. The van der Waals surface area contributed by atoms with E-state index in [0.717, 1.165) is 0 Å². The van der Waals surface area contributed by atoms with Gasteiger partial charge in [-0.3, -0.25) is 4.98 Å². The molecule has 6 nitrogen and oxygen atoms in total. The lowest BCUT2D eigenvalue weighted by atomic mass is 10.2. The van der Waals surface area contributed by atoms with Gasteiger partial charge < -0.3 is 9.52 Å². The number of aromatic carboxylic acids is 1. The Morgan fingerprint density at radius 1 is 1.22 bits per heavy atom. The number of hydrogen-bond acceptors (Lipinski definition) is 5. The number of aromatic nitrogens is 3. The SMILES string of the molecule is O=C(O)c1cnc(Cc2nc(-c3ccc(F)cc3)oc2I)cn1. The Kier molecular flexibility index (Phi) is 4.33. The van der Waals surface area contributed by atoms with Gasteiger partial charge in [-0.15, -0.1) is 0 Å². The number of rotatable bonds is 4. The first-order valence-corrected chi connectivity index (χ1v) is 7.56. The number of hydrogen-bond donors (Lipinski definition) is 1. The Labute approximate surface area is 143 Å². The Bertz CT molecular complexity index is 847. The fraction of sp³-hybridized carbons (Fsp3) is 0.0667. The van der Waals surface area contributed by atoms with E-state index in [9.17, 15) is 9.18 Å². The quantitative estimate of drug-likeness (QED) is 0.647. The van der Waals surface area contributed by atoms with Crippen LogP contribution in [0.5, 0.6) is 0 Å². The summed E-state index contributed by atoms with van der Waals surface area (Å²) in [7, 11) is 0. The van der Waals surface area contributed by atoms with Gasteiger partial charge in [0.2, 0.25) is 5.89 Å². The van der Waals surface area contributed by atoms with Crippen molar-refractivity contribution in [3.8, 4) is 11.5 Å². The van der Waals surface area contributed by atoms with Crippen LogP contribution in [0.15, 0.2) is 41.1 Å². The maximum atomic E-state index is 13.0. The van der Waals surface area contributed by atoms with Crippen LogP contribution in [0.4, 0.5) is 4.39 Å². The van der Waals surface area contributed by atoms with Gasteiger partial charge in [0.1, 0.15) is 5.82 Å². The molecular weight excluding hydrogens is 416 g/mol. The second kappa shape index (κ2) is 6.41. The van der Waals surface area contributed by atoms with Crippen molar-refractivity contribution >= 4 is 28.6 Å². The molecule has 0 aliphatic carbocycles. The standard InChI is InChI=1S/C15H9FIN3O3/c16-9-3-1-8(2-4-9)14-20-11(13(17)23-14)5-10-6-19-12(7-18-10)15(21)22/h1-4,6-7H,5H2,(H,21,22). The molecule has 1 aromatic carbocycles. The van der Waals surface area contributed by atoms with Crippen molar-refractivity contribution in [2.45, 2.75) is 6.42 Å². The third-order valence-corrected chi connectivity index (χ3v) is 3.86. The van der Waals surface area contributed by atoms with Gasteiger partial charge in [-0.05, 0) is 24.3 Å². The normalized spacial score (nSPS) is 10.7. The molecule has 0 bridgehead atoms. The van der Waals surface area contributed by atoms with Crippen molar-refractivity contribution < 1.29 is 18.7 Å². The van der Waals surface area contributed by atoms with Crippen molar-refractivity contribution in [1.82, 2.24) is 15.0 Å². The molecule has 0 amide bonds. The monoisotopic (exact) mass is 425 g/mol. The summed E-state index contributed by atoms with van der Waals surface area (Å²) in [5, 5.41) is 8.80. The number of carboxylic acid groups (broad SMARTS) is 1. The average molecular weight is 425 g/mol. The minimum Gasteiger partial charge on any atom is -0.476 e. The predicted molar refractivity (Wildman–Crippen MR) is 86.4 cm³/mol. The van der Waals surface area contributed by atoms with E-state index in [4.69, 9.17) is 9.52 Å². The largest absolute Gasteiger partial charge is 0.476 e. The molecule has 0 unspecified atom stereocenters. The van der Waals surface area contributed by atoms with Gasteiger partial charge >= 0.3 is 5.97 Å². The van der Waals surface area contributed by atoms with Crippen molar-refractivity contribution in [3.63, 3.8) is 0 Å². The highest BCUT2D eigenvalue weighted by Gasteiger charge is 2.14. The molecule has 0 saturated heterocycles. The molecule has 0 aliphatic rings. The summed E-state index contributed by atoms with van der Waals surface area (Å²) in [6, 6.07) is 5.84. The Morgan fingerprint density at radius 2 is 1.96 bits per heavy atom. The molecule has 0 spiro atoms. The average Bonchev–Trinajstić information content (AvgIpc) is 2.89. The molecule has 0 fully saturated rings. The van der Waals surface area contributed by atoms with E-state index < -0.39 is 5.97 Å². The minimum atomic E-state index is -1.13. The molecule has 2 aromatic heterocycles. The third kappa shape index (κ3) is 3.52. The van der Waals surface area contributed by atoms with E-state index in [1.165, 1.54) is 24.5 Å². The van der Waals surface area contributed by atoms with E-state index >= 15 is 0 Å². The second-order valence-corrected chi connectivity index (χ2v) is 5.60. The van der Waals surface area contributed by atoms with E-state index in [-0.39, 0.29) is 11.5 Å². The lowest BCUT2D eigenvalue weighted by molar-refractivity contribution is 0.0690. The van der Waals surface area contributed by atoms with Crippen molar-refractivity contribution in [3.05, 3.63) is 63.3 Å². The molecule has 0 aliphatic heterocycles. The van der Waals surface area contributed by atoms with Gasteiger partial charge in [0.25, 0.3) is 0 Å². The topological polar surface area (TPSA) is 89.1 Å². The first-order chi connectivity index (χ1) is 11.0. The predicted octanol–water partition coefficient (Wildman–Crippen LogP) is 3.16. The van der Waals surface area contributed by atoms with Crippen LogP contribution in [0.2, 0.25) is 0 Å². The molecule has 2 heterocycles. The highest BCUT2D eigenvalue weighted by molar-refractivity contribution is 14.1. The number of nitrogens with zero attached hydrogens (tertiary/aromatic N) is 3. The summed E-state index contributed by atoms with van der Waals surface area (Å²) >= 11 is 2.01. The molecule has 0 saturated carbocycles. The number of carboxylic acids is 1. The van der Waals surface area contributed by atoms with Crippen LogP contribution >= 0.6 is 22.6 Å². The molecular formula is C15H9FIN3O3. The summed E-state index contributed by atoms with van der Waals surface area (Å²) in [5.41, 5.74) is 1.78. The zero-order chi connectivity index (χ0) is 16.4. The molecule has 3 aromatic rings. The molecule has 0 atom stereocenters. The van der Waals surface area contributed by atoms with E-state index in [1.807, 2.05) is 22.6 Å². The molecule has 23 heavy (non-hydrogen) atoms. The lowest BCUT2D eigenvalue weighted by Crippen LogP contribution is -2.03. The van der Waals surface area contributed by atoms with E-state index in [2.05, 4.69) is 15.0 Å². The number of benzene rings is 1. The number of carbonyl (C=O) groups is 1. The molecule has 1 N–H and O–H groups in total. The Balaban J connectivity index is 1.83. The zero-order valence-electron chi connectivity index (χ0n) is 11.5. The van der Waals surface area contributed by atoms with Crippen LogP contribution in [-0.4, -0.2) is 26.0 Å². The fourth-order valence-electron chi connectivity index (χ4n) is 1.89. The highest BCUT2D eigenvalue weighted by atomic mass is 127. The minimum absolute atomic E-state index is 0.115. The Morgan fingerprint density at radius 3 is 2.57 bits per heavy atom. The van der Waals surface area contributed by atoms with Crippen molar-refractivity contribution in [2.75, 3.05) is 0 Å². The Hall–Kier alpha value is -2.36. The summed E-state index contributed by atoms with van der Waals surface area (Å²) in [4.78, 5) is 23.0. The van der Waals surface area contributed by atoms with Crippen LogP contribution < -0.4 is 0 Å². The smallest absolute Gasteiger partial charge is 0.356 e. The lowest BCUT2D eigenvalue weighted by Gasteiger charge is -1.98. The first-order valence-electron chi connectivity index (χ1n) is 6.48. The van der Waals surface area contributed by atoms with Crippen LogP contribution in [-0.2, 0) is 6.42 Å². The maximum Gasteiger partial charge on any atom is 0.356 e. The van der Waals surface area contributed by atoms with Crippen molar-refractivity contribution in [2.24, 2.45) is 0 Å². The van der Waals surface area contributed by atoms with Gasteiger partial charge in [-0.25, -0.2) is 19.2 Å². The molecule has 3 rings (SSSR count).